The van der Waals surface area contributed by atoms with Crippen molar-refractivity contribution in [2.75, 3.05) is 24.5 Å². The first-order valence-corrected chi connectivity index (χ1v) is 18.4. The molecule has 3 aliphatic carbocycles. The van der Waals surface area contributed by atoms with Crippen molar-refractivity contribution in [3.8, 4) is 5.75 Å². The van der Waals surface area contributed by atoms with Crippen molar-refractivity contribution >= 4 is 22.4 Å². The summed E-state index contributed by atoms with van der Waals surface area (Å²) in [5.74, 6) is 1.07. The minimum Gasteiger partial charge on any atom is -0.508 e. The van der Waals surface area contributed by atoms with Crippen molar-refractivity contribution in [2.45, 2.75) is 108 Å². The average Bonchev–Trinajstić information content (AvgIpc) is 3.46. The van der Waals surface area contributed by atoms with Crippen molar-refractivity contribution in [1.29, 1.82) is 0 Å². The fourth-order valence-corrected chi connectivity index (χ4v) is 9.66. The summed E-state index contributed by atoms with van der Waals surface area (Å²) in [5.41, 5.74) is 2.50. The van der Waals surface area contributed by atoms with Crippen LogP contribution in [0.5, 0.6) is 5.75 Å². The van der Waals surface area contributed by atoms with Crippen LogP contribution in [0.15, 0.2) is 46.0 Å². The van der Waals surface area contributed by atoms with Gasteiger partial charge < -0.3 is 40.1 Å². The predicted octanol–water partition coefficient (Wildman–Crippen LogP) is 2.39. The van der Waals surface area contributed by atoms with Crippen LogP contribution >= 0.6 is 0 Å². The lowest BCUT2D eigenvalue weighted by Crippen LogP contribution is -2.63. The third kappa shape index (κ3) is 6.59. The number of aromatic nitrogens is 2. The van der Waals surface area contributed by atoms with Crippen molar-refractivity contribution in [3.63, 3.8) is 0 Å². The summed E-state index contributed by atoms with van der Waals surface area (Å²) in [4.78, 5) is 39.6. The number of carbonyl (C=O) groups excluding carboxylic acids is 1. The minimum atomic E-state index is -1.62. The smallest absolute Gasteiger partial charge is 0.270 e. The van der Waals surface area contributed by atoms with Crippen LogP contribution in [-0.2, 0) is 20.7 Å². The quantitative estimate of drug-likeness (QED) is 0.154. The summed E-state index contributed by atoms with van der Waals surface area (Å²) in [6.07, 6.45) is -0.700. The molecule has 2 heterocycles. The Labute approximate surface area is 296 Å². The van der Waals surface area contributed by atoms with Gasteiger partial charge >= 0.3 is 0 Å². The van der Waals surface area contributed by atoms with Crippen LogP contribution in [0.2, 0.25) is 0 Å². The van der Waals surface area contributed by atoms with Gasteiger partial charge in [0, 0.05) is 25.3 Å². The van der Waals surface area contributed by atoms with E-state index in [0.29, 0.717) is 66.8 Å². The summed E-state index contributed by atoms with van der Waals surface area (Å²) in [7, 11) is 0. The Balaban J connectivity index is 0.930. The predicted molar refractivity (Wildman–Crippen MR) is 190 cm³/mol. The zero-order valence-electron chi connectivity index (χ0n) is 29.2. The molecule has 7 N–H and O–H groups in total. The molecule has 4 aliphatic rings. The number of aliphatic hydroxyl groups excluding tert-OH is 3. The van der Waals surface area contributed by atoms with Crippen LogP contribution in [-0.4, -0.2) is 93.0 Å². The molecular formula is C38H50N4O9. The molecular weight excluding hydrogens is 656 g/mol. The van der Waals surface area contributed by atoms with Gasteiger partial charge in [0.25, 0.3) is 17.0 Å². The number of phenols is 1. The van der Waals surface area contributed by atoms with Gasteiger partial charge in [-0.3, -0.25) is 24.6 Å². The Morgan fingerprint density at radius 2 is 1.76 bits per heavy atom. The van der Waals surface area contributed by atoms with Gasteiger partial charge in [0.2, 0.25) is 0 Å². The largest absolute Gasteiger partial charge is 0.508 e. The van der Waals surface area contributed by atoms with Crippen LogP contribution in [0, 0.1) is 17.3 Å². The van der Waals surface area contributed by atoms with Gasteiger partial charge in [0.15, 0.2) is 12.4 Å². The number of anilines is 1. The topological polar surface area (TPSA) is 197 Å². The monoisotopic (exact) mass is 706 g/mol. The second-order valence-corrected chi connectivity index (χ2v) is 15.2. The lowest BCUT2D eigenvalue weighted by molar-refractivity contribution is -0.309. The summed E-state index contributed by atoms with van der Waals surface area (Å²) >= 11 is 0. The number of rotatable bonds is 10. The fourth-order valence-electron chi connectivity index (χ4n) is 9.66. The number of aliphatic hydroxyl groups is 3. The summed E-state index contributed by atoms with van der Waals surface area (Å²) in [6.45, 7) is 5.86. The van der Waals surface area contributed by atoms with Gasteiger partial charge in [-0.15, -0.1) is 0 Å². The molecule has 13 nitrogen and oxygen atoms in total. The molecule has 13 heteroatoms. The van der Waals surface area contributed by atoms with E-state index >= 15 is 0 Å². The molecule has 51 heavy (non-hydrogen) atoms. The van der Waals surface area contributed by atoms with Crippen LogP contribution in [0.25, 0.3) is 10.8 Å². The highest BCUT2D eigenvalue weighted by Crippen LogP contribution is 2.62. The summed E-state index contributed by atoms with van der Waals surface area (Å²) in [6, 6.07) is 10.9. The number of benzene rings is 2. The van der Waals surface area contributed by atoms with Gasteiger partial charge in [0.05, 0.1) is 16.9 Å². The molecule has 1 aromatic heterocycles. The molecule has 3 unspecified atom stereocenters. The van der Waals surface area contributed by atoms with Gasteiger partial charge in [-0.25, -0.2) is 0 Å². The second kappa shape index (κ2) is 14.3. The normalized spacial score (nSPS) is 32.9. The highest BCUT2D eigenvalue weighted by atomic mass is 16.7. The van der Waals surface area contributed by atoms with E-state index in [4.69, 9.17) is 9.47 Å². The molecule has 3 aromatic rings. The fraction of sp³-hybridized carbons (Fsp3) is 0.605. The Hall–Kier alpha value is -3.75. The standard InChI is InChI=1S/C38H50N4O9/c1-3-42(21-7-10-26-27(19-21)35(48)41-40-34(26)47)17-5-4-16-39-36(49)33-31(45)30(44)32(46)37(51-33)50-29-13-12-28-25-9-6-20-18-22(43)8-11-23(20)24(25)14-15-38(28,29)2/h7-8,10-11,18-19,24-25,28-33,37,43-46H,3-6,9,12-17H2,1-2H3,(H,39,49)(H,40,47)(H,41,48)/t24?,25?,28?,29-,30-,31-,32+,33-,37+,38-/m0/s1. The molecule has 2 saturated carbocycles. The zero-order chi connectivity index (χ0) is 36.0. The molecule has 10 atom stereocenters. The highest BCUT2D eigenvalue weighted by molar-refractivity contribution is 5.84. The number of unbranched alkanes of at least 4 members (excludes halogenated alkanes) is 1. The average molecular weight is 707 g/mol. The third-order valence-electron chi connectivity index (χ3n) is 12.4. The Morgan fingerprint density at radius 3 is 2.55 bits per heavy atom. The van der Waals surface area contributed by atoms with Gasteiger partial charge in [-0.05, 0) is 123 Å². The van der Waals surface area contributed by atoms with Crippen molar-refractivity contribution < 1.29 is 34.7 Å². The van der Waals surface area contributed by atoms with Crippen molar-refractivity contribution in [3.05, 3.63) is 68.2 Å². The Bertz CT molecular complexity index is 1860. The molecule has 1 saturated heterocycles. The number of nitrogens with zero attached hydrogens (tertiary/aromatic N) is 1. The van der Waals surface area contributed by atoms with Gasteiger partial charge in [-0.2, -0.15) is 0 Å². The summed E-state index contributed by atoms with van der Waals surface area (Å²) in [5, 5.41) is 50.6. The number of hydrogen-bond donors (Lipinski definition) is 7. The molecule has 0 radical (unpaired) electrons. The first-order chi connectivity index (χ1) is 24.5. The number of hydrogen-bond acceptors (Lipinski definition) is 10. The maximum atomic E-state index is 13.2. The van der Waals surface area contributed by atoms with E-state index in [2.05, 4.69) is 33.4 Å². The van der Waals surface area contributed by atoms with Crippen LogP contribution < -0.4 is 21.3 Å². The number of aryl methyl sites for hydroxylation is 1. The third-order valence-corrected chi connectivity index (χ3v) is 12.4. The van der Waals surface area contributed by atoms with E-state index in [1.54, 1.807) is 18.2 Å². The second-order valence-electron chi connectivity index (χ2n) is 15.2. The molecule has 1 aliphatic heterocycles. The van der Waals surface area contributed by atoms with E-state index in [9.17, 15) is 34.8 Å². The first kappa shape index (κ1) is 35.6. The molecule has 0 spiro atoms. The molecule has 0 bridgehead atoms. The van der Waals surface area contributed by atoms with E-state index in [1.807, 2.05) is 19.1 Å². The lowest BCUT2D eigenvalue weighted by atomic mass is 9.55. The first-order valence-electron chi connectivity index (χ1n) is 18.4. The van der Waals surface area contributed by atoms with E-state index < -0.39 is 36.6 Å². The number of fused-ring (bicyclic) bond motifs is 6. The number of carbonyl (C=O) groups is 1. The number of H-pyrrole nitrogens is 2. The molecule has 1 amide bonds. The van der Waals surface area contributed by atoms with E-state index in [-0.39, 0.29) is 22.6 Å². The highest BCUT2D eigenvalue weighted by Gasteiger charge is 2.57. The molecule has 276 valence electrons. The number of aromatic amines is 2. The van der Waals surface area contributed by atoms with Crippen molar-refractivity contribution in [1.82, 2.24) is 15.5 Å². The molecule has 2 aromatic carbocycles. The van der Waals surface area contributed by atoms with Gasteiger partial charge in [-0.1, -0.05) is 13.0 Å². The number of nitrogens with one attached hydrogen (secondary N) is 3. The Morgan fingerprint density at radius 1 is 0.980 bits per heavy atom. The number of amides is 1. The SMILES string of the molecule is CCN(CCCCNC(=O)[C@H]1O[C@@H](O[C@H]2CCC3C4CCc5cc(O)ccc5C4CC[C@@]32C)[C@H](O)[C@@H](O)[C@@H]1O)c1ccc2c(=O)[nH][nH]c(=O)c2c1. The summed E-state index contributed by atoms with van der Waals surface area (Å²) < 4.78 is 12.4. The molecule has 3 fully saturated rings. The Kier molecular flexibility index (Phi) is 10.0. The lowest BCUT2D eigenvalue weighted by Gasteiger charge is -2.51. The van der Waals surface area contributed by atoms with E-state index in [0.717, 1.165) is 44.2 Å². The number of phenolic OH excluding ortho intramolecular Hbond substituents is 1. The maximum Gasteiger partial charge on any atom is 0.270 e. The maximum absolute atomic E-state index is 13.2. The van der Waals surface area contributed by atoms with Crippen molar-refractivity contribution in [2.24, 2.45) is 17.3 Å². The molecule has 7 rings (SSSR count). The van der Waals surface area contributed by atoms with E-state index in [1.165, 1.54) is 11.1 Å². The minimum absolute atomic E-state index is 0.163. The number of aromatic hydroxyl groups is 1. The van der Waals surface area contributed by atoms with Crippen LogP contribution in [0.3, 0.4) is 0 Å². The van der Waals surface area contributed by atoms with Crippen LogP contribution in [0.1, 0.15) is 75.8 Å². The zero-order valence-corrected chi connectivity index (χ0v) is 29.2. The van der Waals surface area contributed by atoms with Gasteiger partial charge in [0.1, 0.15) is 24.1 Å². The number of ether oxygens (including phenoxy) is 2. The van der Waals surface area contributed by atoms with Crippen LogP contribution in [0.4, 0.5) is 5.69 Å².